The van der Waals surface area contributed by atoms with Gasteiger partial charge in [0.2, 0.25) is 0 Å². The van der Waals surface area contributed by atoms with Crippen molar-refractivity contribution in [2.75, 3.05) is 0 Å². The summed E-state index contributed by atoms with van der Waals surface area (Å²) in [6.45, 7) is 4.40. The van der Waals surface area contributed by atoms with Gasteiger partial charge >= 0.3 is 0 Å². The molecule has 8 N–H and O–H groups in total. The molecule has 3 heterocycles. The summed E-state index contributed by atoms with van der Waals surface area (Å²) in [4.78, 5) is 0. The summed E-state index contributed by atoms with van der Waals surface area (Å²) in [7, 11) is 0. The number of hydrogen-bond acceptors (Lipinski definition) is 13. The van der Waals surface area contributed by atoms with Gasteiger partial charge in [0.1, 0.15) is 54.9 Å². The lowest BCUT2D eigenvalue weighted by atomic mass is 9.96. The van der Waals surface area contributed by atoms with Gasteiger partial charge in [-0.1, -0.05) is 0 Å². The Kier molecular flexibility index (Phi) is 7.91. The van der Waals surface area contributed by atoms with Gasteiger partial charge in [0.25, 0.3) is 0 Å². The third kappa shape index (κ3) is 4.89. The molecule has 0 unspecified atom stereocenters. The molecule has 182 valence electrons. The molecule has 31 heavy (non-hydrogen) atoms. The highest BCUT2D eigenvalue weighted by atomic mass is 16.7. The minimum atomic E-state index is -1.66. The highest BCUT2D eigenvalue weighted by Gasteiger charge is 2.51. The van der Waals surface area contributed by atoms with Crippen LogP contribution in [0.3, 0.4) is 0 Å². The van der Waals surface area contributed by atoms with Gasteiger partial charge in [-0.15, -0.1) is 0 Å². The first-order valence-corrected chi connectivity index (χ1v) is 10.2. The summed E-state index contributed by atoms with van der Waals surface area (Å²) in [5.41, 5.74) is 0. The van der Waals surface area contributed by atoms with Crippen LogP contribution in [0.5, 0.6) is 0 Å². The first kappa shape index (κ1) is 25.1. The van der Waals surface area contributed by atoms with Crippen molar-refractivity contribution in [3.8, 4) is 0 Å². The quantitative estimate of drug-likeness (QED) is 0.201. The largest absolute Gasteiger partial charge is 0.388 e. The minimum Gasteiger partial charge on any atom is -0.388 e. The summed E-state index contributed by atoms with van der Waals surface area (Å²) in [5.74, 6) is 0. The van der Waals surface area contributed by atoms with Gasteiger partial charge < -0.3 is 64.5 Å². The zero-order valence-electron chi connectivity index (χ0n) is 17.3. The Hall–Kier alpha value is -0.520. The summed E-state index contributed by atoms with van der Waals surface area (Å²) in [5, 5.41) is 80.7. The van der Waals surface area contributed by atoms with E-state index in [1.165, 1.54) is 20.8 Å². The molecule has 0 radical (unpaired) electrons. The van der Waals surface area contributed by atoms with Crippen molar-refractivity contribution < 1.29 is 64.5 Å². The summed E-state index contributed by atoms with van der Waals surface area (Å²) >= 11 is 0. The Balaban J connectivity index is 1.72. The monoisotopic (exact) mass is 456 g/mol. The number of aliphatic hydroxyl groups is 8. The zero-order chi connectivity index (χ0) is 23.2. The van der Waals surface area contributed by atoms with Crippen LogP contribution in [0.25, 0.3) is 0 Å². The van der Waals surface area contributed by atoms with Crippen LogP contribution in [0.15, 0.2) is 0 Å². The molecule has 0 amide bonds. The summed E-state index contributed by atoms with van der Waals surface area (Å²) in [6, 6.07) is 0. The van der Waals surface area contributed by atoms with Crippen LogP contribution in [-0.2, 0) is 23.7 Å². The molecule has 15 atom stereocenters. The third-order valence-corrected chi connectivity index (χ3v) is 5.97. The van der Waals surface area contributed by atoms with Gasteiger partial charge in [-0.3, -0.25) is 0 Å². The molecule has 3 fully saturated rings. The summed E-state index contributed by atoms with van der Waals surface area (Å²) < 4.78 is 27.1. The third-order valence-electron chi connectivity index (χ3n) is 5.97. The molecule has 3 rings (SSSR count). The van der Waals surface area contributed by atoms with Crippen LogP contribution in [0.2, 0.25) is 0 Å². The predicted octanol–water partition coefficient (Wildman–Crippen LogP) is -4.49. The summed E-state index contributed by atoms with van der Waals surface area (Å²) in [6.07, 6.45) is -20.7. The molecule has 0 saturated carbocycles. The lowest BCUT2D eigenvalue weighted by Crippen LogP contribution is -2.65. The first-order chi connectivity index (χ1) is 14.4. The molecular weight excluding hydrogens is 424 g/mol. The molecule has 0 aromatic rings. The Morgan fingerprint density at radius 3 is 1.58 bits per heavy atom. The van der Waals surface area contributed by atoms with E-state index in [4.69, 9.17) is 23.7 Å². The van der Waals surface area contributed by atoms with Gasteiger partial charge in [-0.05, 0) is 20.8 Å². The molecule has 3 saturated heterocycles. The van der Waals surface area contributed by atoms with E-state index in [-0.39, 0.29) is 0 Å². The first-order valence-electron chi connectivity index (χ1n) is 10.2. The maximum Gasteiger partial charge on any atom is 0.187 e. The van der Waals surface area contributed by atoms with E-state index in [1.54, 1.807) is 0 Å². The standard InChI is InChI=1S/C18H32O13/c1-4-7(19)9(21)12(24)17(28-4)31-15-8(20)5(2)29-18(13(15)25)30-14-6(3)27-16(26)11(23)10(14)22/h4-26H,1-3H3/t4-,5-,6-,7-,8-,9+,10-,11+,12+,13+,14-,15+,16+,17-,18+/m0/s1. The molecule has 0 aromatic heterocycles. The van der Waals surface area contributed by atoms with E-state index in [2.05, 4.69) is 0 Å². The molecule has 0 aromatic carbocycles. The number of rotatable bonds is 4. The molecular formula is C18H32O13. The Labute approximate surface area is 178 Å². The van der Waals surface area contributed by atoms with Crippen molar-refractivity contribution in [3.63, 3.8) is 0 Å². The lowest BCUT2D eigenvalue weighted by molar-refractivity contribution is -0.372. The molecule has 0 spiro atoms. The van der Waals surface area contributed by atoms with Crippen LogP contribution in [0, 0.1) is 0 Å². The fourth-order valence-corrected chi connectivity index (χ4v) is 3.92. The zero-order valence-corrected chi connectivity index (χ0v) is 17.3. The average molecular weight is 456 g/mol. The molecule has 13 nitrogen and oxygen atoms in total. The van der Waals surface area contributed by atoms with Gasteiger partial charge in [0.15, 0.2) is 18.9 Å². The van der Waals surface area contributed by atoms with Crippen molar-refractivity contribution in [2.45, 2.75) is 113 Å². The highest BCUT2D eigenvalue weighted by Crippen LogP contribution is 2.32. The minimum absolute atomic E-state index is 0.883. The fraction of sp³-hybridized carbons (Fsp3) is 1.00. The Morgan fingerprint density at radius 1 is 0.452 bits per heavy atom. The molecule has 3 aliphatic rings. The van der Waals surface area contributed by atoms with E-state index in [1.807, 2.05) is 0 Å². The number of aliphatic hydroxyl groups excluding tert-OH is 8. The number of ether oxygens (including phenoxy) is 5. The van der Waals surface area contributed by atoms with E-state index < -0.39 is 92.1 Å². The fourth-order valence-electron chi connectivity index (χ4n) is 3.92. The van der Waals surface area contributed by atoms with E-state index in [9.17, 15) is 40.9 Å². The predicted molar refractivity (Wildman–Crippen MR) is 97.0 cm³/mol. The SMILES string of the molecule is C[C@@H]1O[C@@H](O[C@@H]2[C@@H](O)[C@H](C)O[C@H](O[C@@H]3[C@@H](O)[C@@H](O)[C@H](O)O[C@H]3C)[C@@H]2O)[C@H](O)[C@H](O)[C@H]1O. The molecule has 0 bridgehead atoms. The Bertz CT molecular complexity index is 595. The smallest absolute Gasteiger partial charge is 0.187 e. The molecule has 0 aliphatic carbocycles. The van der Waals surface area contributed by atoms with Gasteiger partial charge in [-0.2, -0.15) is 0 Å². The Morgan fingerprint density at radius 2 is 0.968 bits per heavy atom. The normalized spacial score (nSPS) is 56.4. The maximum atomic E-state index is 10.7. The van der Waals surface area contributed by atoms with E-state index in [0.29, 0.717) is 0 Å². The average Bonchev–Trinajstić information content (AvgIpc) is 2.72. The van der Waals surface area contributed by atoms with Crippen molar-refractivity contribution in [2.24, 2.45) is 0 Å². The lowest BCUT2D eigenvalue weighted by Gasteiger charge is -2.47. The topological polar surface area (TPSA) is 208 Å². The van der Waals surface area contributed by atoms with Crippen molar-refractivity contribution >= 4 is 0 Å². The van der Waals surface area contributed by atoms with Crippen LogP contribution in [0.1, 0.15) is 20.8 Å². The molecule has 3 aliphatic heterocycles. The van der Waals surface area contributed by atoms with E-state index >= 15 is 0 Å². The van der Waals surface area contributed by atoms with Gasteiger partial charge in [-0.25, -0.2) is 0 Å². The van der Waals surface area contributed by atoms with Crippen LogP contribution >= 0.6 is 0 Å². The number of hydrogen-bond donors (Lipinski definition) is 8. The van der Waals surface area contributed by atoms with Crippen LogP contribution < -0.4 is 0 Å². The van der Waals surface area contributed by atoms with Crippen LogP contribution in [0.4, 0.5) is 0 Å². The van der Waals surface area contributed by atoms with Gasteiger partial charge in [0.05, 0.1) is 18.3 Å². The second kappa shape index (κ2) is 9.77. The van der Waals surface area contributed by atoms with Gasteiger partial charge in [0, 0.05) is 0 Å². The second-order valence-electron chi connectivity index (χ2n) is 8.29. The van der Waals surface area contributed by atoms with Crippen molar-refractivity contribution in [1.82, 2.24) is 0 Å². The maximum absolute atomic E-state index is 10.7. The van der Waals surface area contributed by atoms with Crippen molar-refractivity contribution in [3.05, 3.63) is 0 Å². The van der Waals surface area contributed by atoms with Crippen molar-refractivity contribution in [1.29, 1.82) is 0 Å². The highest BCUT2D eigenvalue weighted by molar-refractivity contribution is 4.94. The van der Waals surface area contributed by atoms with E-state index in [0.717, 1.165) is 0 Å². The van der Waals surface area contributed by atoms with Crippen LogP contribution in [-0.4, -0.2) is 133 Å². The second-order valence-corrected chi connectivity index (χ2v) is 8.29. The molecule has 13 heteroatoms.